The molecule has 1 aliphatic rings. The zero-order valence-corrected chi connectivity index (χ0v) is 18.1. The highest BCUT2D eigenvalue weighted by atomic mass is 35.5. The Morgan fingerprint density at radius 1 is 1.07 bits per heavy atom. The van der Waals surface area contributed by atoms with Gasteiger partial charge in [-0.1, -0.05) is 47.5 Å². The third-order valence-corrected chi connectivity index (χ3v) is 7.25. The molecule has 0 spiro atoms. The fourth-order valence-corrected chi connectivity index (χ4v) is 5.61. The first-order chi connectivity index (χ1) is 13.9. The summed E-state index contributed by atoms with van der Waals surface area (Å²) in [5.41, 5.74) is 1.15. The minimum atomic E-state index is -3.89. The first-order valence-corrected chi connectivity index (χ1v) is 11.6. The van der Waals surface area contributed by atoms with Crippen LogP contribution in [0.25, 0.3) is 0 Å². The molecule has 9 heteroatoms. The highest BCUT2D eigenvalue weighted by Crippen LogP contribution is 2.28. The Kier molecular flexibility index (Phi) is 7.40. The fourth-order valence-electron chi connectivity index (χ4n) is 3.44. The number of amides is 1. The van der Waals surface area contributed by atoms with Crippen LogP contribution in [-0.2, 0) is 14.8 Å². The van der Waals surface area contributed by atoms with Crippen molar-refractivity contribution >= 4 is 44.8 Å². The summed E-state index contributed by atoms with van der Waals surface area (Å²) in [7, 11) is -3.89. The van der Waals surface area contributed by atoms with Crippen LogP contribution in [-0.4, -0.2) is 40.0 Å². The van der Waals surface area contributed by atoms with Crippen LogP contribution in [0.1, 0.15) is 19.3 Å². The minimum absolute atomic E-state index is 0.0271. The van der Waals surface area contributed by atoms with Gasteiger partial charge in [-0.3, -0.25) is 4.79 Å². The smallest absolute Gasteiger partial charge is 0.243 e. The van der Waals surface area contributed by atoms with Crippen molar-refractivity contribution in [3.05, 3.63) is 58.6 Å². The lowest BCUT2D eigenvalue weighted by Gasteiger charge is -2.27. The maximum atomic E-state index is 12.4. The molecule has 2 N–H and O–H groups in total. The van der Waals surface area contributed by atoms with Crippen LogP contribution in [0.15, 0.2) is 53.4 Å². The van der Waals surface area contributed by atoms with E-state index < -0.39 is 10.0 Å². The van der Waals surface area contributed by atoms with Crippen LogP contribution >= 0.6 is 23.2 Å². The molecule has 6 nitrogen and oxygen atoms in total. The number of anilines is 1. The molecule has 1 aliphatic heterocycles. The van der Waals surface area contributed by atoms with Gasteiger partial charge in [0.25, 0.3) is 0 Å². The Bertz CT molecular complexity index is 934. The molecule has 0 bridgehead atoms. The molecule has 2 aromatic carbocycles. The molecule has 0 saturated carbocycles. The maximum Gasteiger partial charge on any atom is 0.243 e. The van der Waals surface area contributed by atoms with Gasteiger partial charge in [0.15, 0.2) is 0 Å². The second-order valence-electron chi connectivity index (χ2n) is 6.83. The monoisotopic (exact) mass is 455 g/mol. The average molecular weight is 456 g/mol. The maximum absolute atomic E-state index is 12.4. The summed E-state index contributed by atoms with van der Waals surface area (Å²) in [6.45, 7) is 1.45. The second-order valence-corrected chi connectivity index (χ2v) is 9.35. The third-order valence-electron chi connectivity index (χ3n) is 4.83. The summed E-state index contributed by atoms with van der Waals surface area (Å²) >= 11 is 11.9. The van der Waals surface area contributed by atoms with E-state index in [0.717, 1.165) is 25.1 Å². The van der Waals surface area contributed by atoms with Gasteiger partial charge >= 0.3 is 0 Å². The number of sulfonamides is 1. The molecular formula is C20H23Cl2N3O3S. The van der Waals surface area contributed by atoms with Crippen molar-refractivity contribution in [1.82, 2.24) is 10.0 Å². The zero-order chi connectivity index (χ0) is 20.9. The quantitative estimate of drug-likeness (QED) is 0.638. The van der Waals surface area contributed by atoms with Gasteiger partial charge < -0.3 is 10.2 Å². The van der Waals surface area contributed by atoms with Crippen molar-refractivity contribution in [2.24, 2.45) is 0 Å². The SMILES string of the molecule is O=C(CCNS(=O)(=O)c1c(Cl)cccc1Cl)NCC1CCCN1c1ccccc1. The number of halogens is 2. The predicted molar refractivity (Wildman–Crippen MR) is 116 cm³/mol. The summed E-state index contributed by atoms with van der Waals surface area (Å²) in [6.07, 6.45) is 2.11. The third kappa shape index (κ3) is 5.63. The van der Waals surface area contributed by atoms with Gasteiger partial charge in [0.2, 0.25) is 15.9 Å². The lowest BCUT2D eigenvalue weighted by atomic mass is 10.2. The molecule has 29 heavy (non-hydrogen) atoms. The van der Waals surface area contributed by atoms with Crippen molar-refractivity contribution < 1.29 is 13.2 Å². The first kappa shape index (κ1) is 21.9. The van der Waals surface area contributed by atoms with Gasteiger partial charge in [-0.2, -0.15) is 0 Å². The summed E-state index contributed by atoms with van der Waals surface area (Å²) in [5, 5.41) is 2.98. The Hall–Kier alpha value is -1.80. The van der Waals surface area contributed by atoms with Gasteiger partial charge in [0, 0.05) is 37.8 Å². The van der Waals surface area contributed by atoms with E-state index in [4.69, 9.17) is 23.2 Å². The van der Waals surface area contributed by atoms with Crippen molar-refractivity contribution in [3.63, 3.8) is 0 Å². The van der Waals surface area contributed by atoms with Crippen LogP contribution in [0.4, 0.5) is 5.69 Å². The number of hydrogen-bond donors (Lipinski definition) is 2. The molecule has 2 aromatic rings. The van der Waals surface area contributed by atoms with Crippen molar-refractivity contribution in [3.8, 4) is 0 Å². The molecule has 1 unspecified atom stereocenters. The summed E-state index contributed by atoms with van der Waals surface area (Å²) in [4.78, 5) is 14.3. The lowest BCUT2D eigenvalue weighted by Crippen LogP contribution is -2.41. The Labute approximate surface area is 181 Å². The molecule has 1 saturated heterocycles. The number of carbonyl (C=O) groups is 1. The molecule has 156 valence electrons. The number of benzene rings is 2. The van der Waals surface area contributed by atoms with Crippen molar-refractivity contribution in [1.29, 1.82) is 0 Å². The molecule has 0 radical (unpaired) electrons. The highest BCUT2D eigenvalue weighted by Gasteiger charge is 2.25. The number of nitrogens with one attached hydrogen (secondary N) is 2. The van der Waals surface area contributed by atoms with Gasteiger partial charge in [0.05, 0.1) is 10.0 Å². The molecule has 0 aromatic heterocycles. The van der Waals surface area contributed by atoms with Crippen LogP contribution in [0, 0.1) is 0 Å². The summed E-state index contributed by atoms with van der Waals surface area (Å²) in [5.74, 6) is -0.210. The number of hydrogen-bond acceptors (Lipinski definition) is 4. The number of carbonyl (C=O) groups excluding carboxylic acids is 1. The highest BCUT2D eigenvalue weighted by molar-refractivity contribution is 7.89. The molecular weight excluding hydrogens is 433 g/mol. The number of nitrogens with zero attached hydrogens (tertiary/aromatic N) is 1. The van der Waals surface area contributed by atoms with E-state index in [1.54, 1.807) is 6.07 Å². The minimum Gasteiger partial charge on any atom is -0.367 e. The second kappa shape index (κ2) is 9.80. The molecule has 3 rings (SSSR count). The standard InChI is InChI=1S/C20H23Cl2N3O3S/c21-17-9-4-10-18(22)20(17)29(27,28)24-12-11-19(26)23-14-16-8-5-13-25(16)15-6-2-1-3-7-15/h1-4,6-7,9-10,16,24H,5,8,11-14H2,(H,23,26). The van der Waals surface area contributed by atoms with E-state index in [1.165, 1.54) is 12.1 Å². The largest absolute Gasteiger partial charge is 0.367 e. The first-order valence-electron chi connectivity index (χ1n) is 9.40. The molecule has 0 aliphatic carbocycles. The van der Waals surface area contributed by atoms with Crippen molar-refractivity contribution in [2.45, 2.75) is 30.2 Å². The molecule has 1 amide bonds. The summed E-state index contributed by atoms with van der Waals surface area (Å²) in [6, 6.07) is 14.8. The van der Waals surface area contributed by atoms with Crippen LogP contribution < -0.4 is 14.9 Å². The Balaban J connectivity index is 1.48. The zero-order valence-electron chi connectivity index (χ0n) is 15.8. The van der Waals surface area contributed by atoms with Gasteiger partial charge in [-0.05, 0) is 37.1 Å². The number of para-hydroxylation sites is 1. The normalized spacial score (nSPS) is 16.8. The van der Waals surface area contributed by atoms with E-state index in [1.807, 2.05) is 18.2 Å². The molecule has 1 atom stereocenters. The van der Waals surface area contributed by atoms with E-state index in [0.29, 0.717) is 6.54 Å². The van der Waals surface area contributed by atoms with Crippen LogP contribution in [0.2, 0.25) is 10.0 Å². The van der Waals surface area contributed by atoms with E-state index in [9.17, 15) is 13.2 Å². The van der Waals surface area contributed by atoms with Gasteiger partial charge in [0.1, 0.15) is 4.90 Å². The van der Waals surface area contributed by atoms with Gasteiger partial charge in [-0.15, -0.1) is 0 Å². The molecule has 1 heterocycles. The lowest BCUT2D eigenvalue weighted by molar-refractivity contribution is -0.120. The van der Waals surface area contributed by atoms with Crippen LogP contribution in [0.5, 0.6) is 0 Å². The van der Waals surface area contributed by atoms with E-state index in [2.05, 4.69) is 27.1 Å². The summed E-state index contributed by atoms with van der Waals surface area (Å²) < 4.78 is 27.2. The Morgan fingerprint density at radius 2 is 1.76 bits per heavy atom. The van der Waals surface area contributed by atoms with Crippen LogP contribution in [0.3, 0.4) is 0 Å². The predicted octanol–water partition coefficient (Wildman–Crippen LogP) is 3.45. The Morgan fingerprint density at radius 3 is 2.45 bits per heavy atom. The fraction of sp³-hybridized carbons (Fsp3) is 0.350. The van der Waals surface area contributed by atoms with E-state index >= 15 is 0 Å². The topological polar surface area (TPSA) is 78.5 Å². The molecule has 1 fully saturated rings. The van der Waals surface area contributed by atoms with Gasteiger partial charge in [-0.25, -0.2) is 13.1 Å². The van der Waals surface area contributed by atoms with E-state index in [-0.39, 0.29) is 39.9 Å². The number of rotatable bonds is 8. The average Bonchev–Trinajstić information content (AvgIpc) is 3.15. The van der Waals surface area contributed by atoms with Crippen molar-refractivity contribution in [2.75, 3.05) is 24.5 Å².